The van der Waals surface area contributed by atoms with Crippen molar-refractivity contribution in [3.63, 3.8) is 0 Å². The quantitative estimate of drug-likeness (QED) is 0.677. The summed E-state index contributed by atoms with van der Waals surface area (Å²) in [7, 11) is -1.25. The molecule has 0 saturated carbocycles. The molecule has 0 aliphatic rings. The van der Waals surface area contributed by atoms with E-state index in [9.17, 15) is 8.60 Å². The predicted octanol–water partition coefficient (Wildman–Crippen LogP) is 5.02. The molecule has 0 radical (unpaired) electrons. The van der Waals surface area contributed by atoms with Gasteiger partial charge in [0.2, 0.25) is 0 Å². The van der Waals surface area contributed by atoms with E-state index < -0.39 is 10.8 Å². The van der Waals surface area contributed by atoms with Crippen LogP contribution in [-0.2, 0) is 10.8 Å². The van der Waals surface area contributed by atoms with Crippen molar-refractivity contribution in [2.24, 2.45) is 0 Å². The molecular formula is C16H12ClFO2S. The minimum absolute atomic E-state index is 0.375. The zero-order valence-corrected chi connectivity index (χ0v) is 12.8. The van der Waals surface area contributed by atoms with Crippen LogP contribution in [0.1, 0.15) is 6.92 Å². The van der Waals surface area contributed by atoms with E-state index in [1.807, 2.05) is 6.92 Å². The summed E-state index contributed by atoms with van der Waals surface area (Å²) in [5.41, 5.74) is 1.30. The monoisotopic (exact) mass is 322 g/mol. The topological polar surface area (TPSA) is 30.2 Å². The average Bonchev–Trinajstić information content (AvgIpc) is 2.85. The summed E-state index contributed by atoms with van der Waals surface area (Å²) in [5.74, 6) is 0.568. The lowest BCUT2D eigenvalue weighted by molar-refractivity contribution is 0.615. The lowest BCUT2D eigenvalue weighted by Gasteiger charge is -2.02. The summed E-state index contributed by atoms with van der Waals surface area (Å²) in [6.07, 6.45) is 0. The molecule has 0 bridgehead atoms. The Morgan fingerprint density at radius 3 is 2.57 bits per heavy atom. The normalized spacial score (nSPS) is 12.7. The van der Waals surface area contributed by atoms with Crippen LogP contribution in [0.3, 0.4) is 0 Å². The number of rotatable bonds is 3. The molecule has 0 spiro atoms. The first-order chi connectivity index (χ1) is 10.1. The minimum Gasteiger partial charge on any atom is -0.455 e. The maximum Gasteiger partial charge on any atom is 0.151 e. The highest BCUT2D eigenvalue weighted by Crippen LogP contribution is 2.36. The molecule has 3 rings (SSSR count). The smallest absolute Gasteiger partial charge is 0.151 e. The van der Waals surface area contributed by atoms with Crippen molar-refractivity contribution in [3.05, 3.63) is 53.3 Å². The molecule has 0 unspecified atom stereocenters. The lowest BCUT2D eigenvalue weighted by Crippen LogP contribution is -1.95. The highest BCUT2D eigenvalue weighted by atomic mass is 35.5. The van der Waals surface area contributed by atoms with Crippen LogP contribution in [0.25, 0.3) is 22.3 Å². The van der Waals surface area contributed by atoms with Gasteiger partial charge < -0.3 is 4.42 Å². The Balaban J connectivity index is 2.30. The van der Waals surface area contributed by atoms with Crippen LogP contribution in [-0.4, -0.2) is 9.96 Å². The maximum absolute atomic E-state index is 13.5. The van der Waals surface area contributed by atoms with Crippen molar-refractivity contribution in [3.8, 4) is 11.3 Å². The van der Waals surface area contributed by atoms with Gasteiger partial charge in [0.1, 0.15) is 11.4 Å². The van der Waals surface area contributed by atoms with Gasteiger partial charge in [0.15, 0.2) is 5.76 Å². The third-order valence-corrected chi connectivity index (χ3v) is 4.84. The van der Waals surface area contributed by atoms with Gasteiger partial charge in [-0.2, -0.15) is 0 Å². The van der Waals surface area contributed by atoms with Crippen molar-refractivity contribution >= 4 is 33.4 Å². The van der Waals surface area contributed by atoms with Crippen molar-refractivity contribution in [1.82, 2.24) is 0 Å². The fraction of sp³-hybridized carbons (Fsp3) is 0.125. The molecule has 0 aliphatic carbocycles. The van der Waals surface area contributed by atoms with Gasteiger partial charge in [-0.15, -0.1) is 0 Å². The van der Waals surface area contributed by atoms with Crippen LogP contribution in [0.15, 0.2) is 51.8 Å². The number of halogens is 2. The van der Waals surface area contributed by atoms with Crippen LogP contribution in [0, 0.1) is 5.82 Å². The van der Waals surface area contributed by atoms with Crippen molar-refractivity contribution in [2.75, 3.05) is 5.75 Å². The summed E-state index contributed by atoms with van der Waals surface area (Å²) < 4.78 is 31.7. The minimum atomic E-state index is -1.25. The number of benzene rings is 2. The zero-order valence-electron chi connectivity index (χ0n) is 11.2. The van der Waals surface area contributed by atoms with Gasteiger partial charge in [-0.1, -0.05) is 18.5 Å². The van der Waals surface area contributed by atoms with Gasteiger partial charge >= 0.3 is 0 Å². The van der Waals surface area contributed by atoms with E-state index in [4.69, 9.17) is 16.0 Å². The summed E-state index contributed by atoms with van der Waals surface area (Å²) >= 11 is 5.89. The first-order valence-corrected chi connectivity index (χ1v) is 8.16. The Bertz CT molecular complexity index is 824. The standard InChI is InChI=1S/C16H12ClFO2S/c1-2-21(19)16-13-9-12(18)7-8-14(13)20-15(16)10-3-5-11(17)6-4-10/h3-9H,2H2,1H3/t21-/m0/s1. The van der Waals surface area contributed by atoms with E-state index in [1.165, 1.54) is 12.1 Å². The van der Waals surface area contributed by atoms with E-state index in [0.29, 0.717) is 32.4 Å². The first-order valence-electron chi connectivity index (χ1n) is 6.46. The molecule has 0 saturated heterocycles. The van der Waals surface area contributed by atoms with E-state index in [-0.39, 0.29) is 5.82 Å². The molecule has 2 aromatic carbocycles. The Labute approximate surface area is 129 Å². The molecule has 0 N–H and O–H groups in total. The lowest BCUT2D eigenvalue weighted by atomic mass is 10.1. The van der Waals surface area contributed by atoms with Crippen LogP contribution in [0.5, 0.6) is 0 Å². The first kappa shape index (κ1) is 14.3. The fourth-order valence-corrected chi connectivity index (χ4v) is 3.39. The van der Waals surface area contributed by atoms with Crippen LogP contribution in [0.4, 0.5) is 4.39 Å². The summed E-state index contributed by atoms with van der Waals surface area (Å²) in [5, 5.41) is 1.17. The molecule has 108 valence electrons. The number of hydrogen-bond donors (Lipinski definition) is 0. The maximum atomic E-state index is 13.5. The van der Waals surface area contributed by atoms with Crippen LogP contribution < -0.4 is 0 Å². The van der Waals surface area contributed by atoms with Gasteiger partial charge in [-0.05, 0) is 42.5 Å². The molecule has 2 nitrogen and oxygen atoms in total. The molecule has 5 heteroatoms. The second-order valence-corrected chi connectivity index (χ2v) is 6.65. The van der Waals surface area contributed by atoms with Crippen LogP contribution >= 0.6 is 11.6 Å². The number of fused-ring (bicyclic) bond motifs is 1. The molecule has 3 aromatic rings. The predicted molar refractivity (Wildman–Crippen MR) is 83.6 cm³/mol. The van der Waals surface area contributed by atoms with Gasteiger partial charge in [0, 0.05) is 21.7 Å². The SMILES string of the molecule is CC[S@](=O)c1c(-c2ccc(Cl)cc2)oc2ccc(F)cc12. The van der Waals surface area contributed by atoms with Crippen molar-refractivity contribution < 1.29 is 13.0 Å². The van der Waals surface area contributed by atoms with E-state index in [2.05, 4.69) is 0 Å². The van der Waals surface area contributed by atoms with Gasteiger partial charge in [0.05, 0.1) is 15.7 Å². The van der Waals surface area contributed by atoms with Crippen LogP contribution in [0.2, 0.25) is 5.02 Å². The average molecular weight is 323 g/mol. The molecule has 0 aliphatic heterocycles. The molecular weight excluding hydrogens is 311 g/mol. The molecule has 0 amide bonds. The van der Waals surface area contributed by atoms with Gasteiger partial charge in [-0.25, -0.2) is 4.39 Å². The van der Waals surface area contributed by atoms with E-state index >= 15 is 0 Å². The molecule has 0 fully saturated rings. The fourth-order valence-electron chi connectivity index (χ4n) is 2.21. The second kappa shape index (κ2) is 5.62. The molecule has 1 heterocycles. The third-order valence-electron chi connectivity index (χ3n) is 3.20. The van der Waals surface area contributed by atoms with E-state index in [0.717, 1.165) is 5.56 Å². The number of furan rings is 1. The van der Waals surface area contributed by atoms with Crippen molar-refractivity contribution in [2.45, 2.75) is 11.8 Å². The van der Waals surface area contributed by atoms with Crippen molar-refractivity contribution in [1.29, 1.82) is 0 Å². The van der Waals surface area contributed by atoms with Gasteiger partial charge in [-0.3, -0.25) is 4.21 Å². The Kier molecular flexibility index (Phi) is 3.83. The Morgan fingerprint density at radius 2 is 1.90 bits per heavy atom. The highest BCUT2D eigenvalue weighted by molar-refractivity contribution is 7.85. The molecule has 1 atom stereocenters. The Morgan fingerprint density at radius 1 is 1.19 bits per heavy atom. The summed E-state index contributed by atoms with van der Waals surface area (Å²) in [4.78, 5) is 0.536. The molecule has 1 aromatic heterocycles. The highest BCUT2D eigenvalue weighted by Gasteiger charge is 2.20. The third kappa shape index (κ3) is 2.61. The van der Waals surface area contributed by atoms with E-state index in [1.54, 1.807) is 30.3 Å². The summed E-state index contributed by atoms with van der Waals surface area (Å²) in [6.45, 7) is 1.82. The molecule has 21 heavy (non-hydrogen) atoms. The number of hydrogen-bond acceptors (Lipinski definition) is 2. The summed E-state index contributed by atoms with van der Waals surface area (Å²) in [6, 6.07) is 11.3. The second-order valence-electron chi connectivity index (χ2n) is 4.54. The Hall–Kier alpha value is -1.65. The zero-order chi connectivity index (χ0) is 15.0. The van der Waals surface area contributed by atoms with Gasteiger partial charge in [0.25, 0.3) is 0 Å². The largest absolute Gasteiger partial charge is 0.455 e.